The SMILES string of the molecule is N#C[C@]12c3ccccc3-c3ccccc3C1C1CC=CC12. The van der Waals surface area contributed by atoms with Crippen molar-refractivity contribution in [1.29, 1.82) is 5.26 Å². The van der Waals surface area contributed by atoms with E-state index in [0.717, 1.165) is 6.42 Å². The summed E-state index contributed by atoms with van der Waals surface area (Å²) in [5.41, 5.74) is 4.86. The summed E-state index contributed by atoms with van der Waals surface area (Å²) >= 11 is 0. The van der Waals surface area contributed by atoms with Gasteiger partial charge in [-0.3, -0.25) is 0 Å². The van der Waals surface area contributed by atoms with Crippen LogP contribution in [0, 0.1) is 23.2 Å². The van der Waals surface area contributed by atoms with E-state index < -0.39 is 0 Å². The zero-order chi connectivity index (χ0) is 14.0. The zero-order valence-electron chi connectivity index (χ0n) is 11.7. The van der Waals surface area contributed by atoms with Crippen LogP contribution in [0.5, 0.6) is 0 Å². The lowest BCUT2D eigenvalue weighted by molar-refractivity contribution is 0.0849. The summed E-state index contributed by atoms with van der Waals surface area (Å²) in [6.07, 6.45) is 5.68. The number of rotatable bonds is 0. The average Bonchev–Trinajstić information content (AvgIpc) is 2.95. The van der Waals surface area contributed by atoms with Gasteiger partial charge in [-0.25, -0.2) is 0 Å². The van der Waals surface area contributed by atoms with E-state index in [-0.39, 0.29) is 5.41 Å². The van der Waals surface area contributed by atoms with Gasteiger partial charge in [0.15, 0.2) is 0 Å². The molecule has 0 bridgehead atoms. The molecule has 0 N–H and O–H groups in total. The lowest BCUT2D eigenvalue weighted by Gasteiger charge is -2.58. The molecule has 1 nitrogen and oxygen atoms in total. The molecule has 0 aliphatic heterocycles. The van der Waals surface area contributed by atoms with E-state index in [1.807, 2.05) is 0 Å². The van der Waals surface area contributed by atoms with E-state index in [0.29, 0.717) is 17.8 Å². The summed E-state index contributed by atoms with van der Waals surface area (Å²) in [5.74, 6) is 1.36. The van der Waals surface area contributed by atoms with Crippen LogP contribution in [0.2, 0.25) is 0 Å². The van der Waals surface area contributed by atoms with Crippen LogP contribution < -0.4 is 0 Å². The highest BCUT2D eigenvalue weighted by Crippen LogP contribution is 2.69. The van der Waals surface area contributed by atoms with E-state index in [1.165, 1.54) is 22.3 Å². The van der Waals surface area contributed by atoms with Gasteiger partial charge < -0.3 is 0 Å². The number of nitriles is 1. The maximum atomic E-state index is 10.1. The second-order valence-corrected chi connectivity index (χ2v) is 6.44. The molecule has 0 radical (unpaired) electrons. The molecule has 5 rings (SSSR count). The highest BCUT2D eigenvalue weighted by Gasteiger charge is 2.65. The number of benzene rings is 2. The summed E-state index contributed by atoms with van der Waals surface area (Å²) in [6, 6.07) is 19.9. The van der Waals surface area contributed by atoms with Crippen molar-refractivity contribution in [3.8, 4) is 17.2 Å². The van der Waals surface area contributed by atoms with E-state index in [9.17, 15) is 5.26 Å². The van der Waals surface area contributed by atoms with Crippen molar-refractivity contribution in [2.45, 2.75) is 17.8 Å². The van der Waals surface area contributed by atoms with Gasteiger partial charge >= 0.3 is 0 Å². The predicted molar refractivity (Wildman–Crippen MR) is 82.6 cm³/mol. The van der Waals surface area contributed by atoms with Crippen LogP contribution >= 0.6 is 0 Å². The molecule has 0 aromatic heterocycles. The molecule has 3 aliphatic carbocycles. The minimum absolute atomic E-state index is 0.345. The first kappa shape index (κ1) is 11.3. The van der Waals surface area contributed by atoms with Crippen molar-refractivity contribution in [1.82, 2.24) is 0 Å². The third-order valence-electron chi connectivity index (χ3n) is 5.80. The van der Waals surface area contributed by atoms with Gasteiger partial charge in [-0.1, -0.05) is 60.7 Å². The molecule has 2 aromatic carbocycles. The van der Waals surface area contributed by atoms with Crippen molar-refractivity contribution >= 4 is 0 Å². The molecule has 0 spiro atoms. The second-order valence-electron chi connectivity index (χ2n) is 6.44. The Morgan fingerprint density at radius 3 is 2.62 bits per heavy atom. The van der Waals surface area contributed by atoms with Gasteiger partial charge in [-0.05, 0) is 34.6 Å². The third-order valence-corrected chi connectivity index (χ3v) is 5.80. The Hall–Kier alpha value is -2.33. The Kier molecular flexibility index (Phi) is 1.97. The van der Waals surface area contributed by atoms with Gasteiger partial charge in [-0.2, -0.15) is 5.26 Å². The Labute approximate surface area is 124 Å². The molecular formula is C20H15N. The van der Waals surface area contributed by atoms with E-state index in [4.69, 9.17) is 0 Å². The van der Waals surface area contributed by atoms with Crippen LogP contribution in [0.1, 0.15) is 23.5 Å². The first-order chi connectivity index (χ1) is 10.4. The maximum Gasteiger partial charge on any atom is 0.0964 e. The van der Waals surface area contributed by atoms with Crippen LogP contribution in [-0.4, -0.2) is 0 Å². The van der Waals surface area contributed by atoms with E-state index in [2.05, 4.69) is 66.8 Å². The highest BCUT2D eigenvalue weighted by atomic mass is 14.7. The fourth-order valence-electron chi connectivity index (χ4n) is 5.05. The van der Waals surface area contributed by atoms with Crippen LogP contribution in [0.25, 0.3) is 11.1 Å². The number of fused-ring (bicyclic) bond motifs is 9. The molecule has 3 unspecified atom stereocenters. The molecule has 100 valence electrons. The summed E-state index contributed by atoms with van der Waals surface area (Å²) < 4.78 is 0. The molecule has 0 saturated heterocycles. The second kappa shape index (κ2) is 3.65. The number of hydrogen-bond donors (Lipinski definition) is 0. The minimum Gasteiger partial charge on any atom is -0.197 e. The first-order valence-electron chi connectivity index (χ1n) is 7.64. The van der Waals surface area contributed by atoms with Gasteiger partial charge in [0.25, 0.3) is 0 Å². The van der Waals surface area contributed by atoms with Crippen LogP contribution in [0.15, 0.2) is 60.7 Å². The molecule has 21 heavy (non-hydrogen) atoms. The smallest absolute Gasteiger partial charge is 0.0964 e. The van der Waals surface area contributed by atoms with Gasteiger partial charge in [0.2, 0.25) is 0 Å². The van der Waals surface area contributed by atoms with Crippen molar-refractivity contribution < 1.29 is 0 Å². The van der Waals surface area contributed by atoms with E-state index >= 15 is 0 Å². The molecular weight excluding hydrogens is 254 g/mol. The fourth-order valence-corrected chi connectivity index (χ4v) is 5.05. The average molecular weight is 269 g/mol. The molecule has 0 amide bonds. The normalized spacial score (nSPS) is 34.0. The van der Waals surface area contributed by atoms with Gasteiger partial charge in [0.1, 0.15) is 0 Å². The van der Waals surface area contributed by atoms with Crippen molar-refractivity contribution in [3.05, 3.63) is 71.8 Å². The molecule has 0 heterocycles. The van der Waals surface area contributed by atoms with Crippen molar-refractivity contribution in [2.24, 2.45) is 11.8 Å². The third kappa shape index (κ3) is 1.10. The molecule has 2 aromatic rings. The summed E-state index contributed by atoms with van der Waals surface area (Å²) in [4.78, 5) is 0. The fraction of sp³-hybridized carbons (Fsp3) is 0.250. The zero-order valence-corrected chi connectivity index (χ0v) is 11.7. The Bertz CT molecular complexity index is 826. The summed E-state index contributed by atoms with van der Waals surface area (Å²) in [5, 5.41) is 10.1. The number of nitrogens with zero attached hydrogens (tertiary/aromatic N) is 1. The largest absolute Gasteiger partial charge is 0.197 e. The molecule has 3 aliphatic rings. The van der Waals surface area contributed by atoms with Gasteiger partial charge in [-0.15, -0.1) is 0 Å². The topological polar surface area (TPSA) is 23.8 Å². The van der Waals surface area contributed by atoms with Crippen LogP contribution in [-0.2, 0) is 5.41 Å². The molecule has 1 saturated carbocycles. The summed E-state index contributed by atoms with van der Waals surface area (Å²) in [7, 11) is 0. The predicted octanol–water partition coefficient (Wildman–Crippen LogP) is 4.42. The number of hydrogen-bond acceptors (Lipinski definition) is 1. The first-order valence-corrected chi connectivity index (χ1v) is 7.64. The molecule has 1 fully saturated rings. The van der Waals surface area contributed by atoms with Crippen molar-refractivity contribution in [2.75, 3.05) is 0 Å². The lowest BCUT2D eigenvalue weighted by Crippen LogP contribution is -2.57. The van der Waals surface area contributed by atoms with Crippen LogP contribution in [0.4, 0.5) is 0 Å². The van der Waals surface area contributed by atoms with E-state index in [1.54, 1.807) is 0 Å². The van der Waals surface area contributed by atoms with Gasteiger partial charge in [0.05, 0.1) is 11.5 Å². The maximum absolute atomic E-state index is 10.1. The Morgan fingerprint density at radius 1 is 1.00 bits per heavy atom. The standard InChI is InChI=1S/C20H15N/c21-12-20-17-10-4-3-7-14(17)13-6-1-2-8-15(13)19(20)16-9-5-11-18(16)20/h1-8,10-11,16,18-19H,9H2/t16?,18?,19?,20-/m1/s1. The quantitative estimate of drug-likeness (QED) is 0.649. The monoisotopic (exact) mass is 269 g/mol. The Balaban J connectivity index is 1.89. The number of allylic oxidation sites excluding steroid dienone is 2. The highest BCUT2D eigenvalue weighted by molar-refractivity contribution is 5.79. The lowest BCUT2D eigenvalue weighted by atomic mass is 9.41. The minimum atomic E-state index is -0.345. The van der Waals surface area contributed by atoms with Gasteiger partial charge in [0, 0.05) is 11.8 Å². The summed E-state index contributed by atoms with van der Waals surface area (Å²) in [6.45, 7) is 0. The molecule has 4 atom stereocenters. The van der Waals surface area contributed by atoms with Crippen molar-refractivity contribution in [3.63, 3.8) is 0 Å². The Morgan fingerprint density at radius 2 is 1.76 bits per heavy atom. The van der Waals surface area contributed by atoms with Crippen LogP contribution in [0.3, 0.4) is 0 Å². The molecule has 1 heteroatoms.